The molecule has 3 heteroatoms. The molecular formula is C9H10NO2. The number of hydrogen-bond acceptors (Lipinski definition) is 3. The van der Waals surface area contributed by atoms with Gasteiger partial charge in [0.15, 0.2) is 0 Å². The van der Waals surface area contributed by atoms with E-state index >= 15 is 0 Å². The predicted molar refractivity (Wildman–Crippen MR) is 43.4 cm³/mol. The Morgan fingerprint density at radius 1 is 1.75 bits per heavy atom. The number of ether oxygens (including phenoxy) is 1. The third kappa shape index (κ3) is 2.70. The summed E-state index contributed by atoms with van der Waals surface area (Å²) in [5.41, 5.74) is 0.878. The molecule has 0 saturated carbocycles. The standard InChI is InChI=1S/C9H10NO2/c1-2-12-9(11)7-8-3-5-10-6-4-8/h3-5H,2,7H2,1H3. The van der Waals surface area contributed by atoms with Crippen molar-refractivity contribution in [2.45, 2.75) is 13.3 Å². The van der Waals surface area contributed by atoms with Gasteiger partial charge < -0.3 is 4.74 Å². The molecule has 1 rings (SSSR count). The van der Waals surface area contributed by atoms with Crippen molar-refractivity contribution in [3.63, 3.8) is 0 Å². The second-order valence-corrected chi connectivity index (χ2v) is 2.27. The zero-order valence-corrected chi connectivity index (χ0v) is 6.91. The van der Waals surface area contributed by atoms with Crippen molar-refractivity contribution < 1.29 is 9.53 Å². The van der Waals surface area contributed by atoms with Crippen molar-refractivity contribution in [2.75, 3.05) is 6.61 Å². The maximum Gasteiger partial charge on any atom is 0.310 e. The second-order valence-electron chi connectivity index (χ2n) is 2.27. The molecule has 0 aromatic carbocycles. The van der Waals surface area contributed by atoms with Crippen LogP contribution in [0.4, 0.5) is 0 Å². The Morgan fingerprint density at radius 3 is 3.17 bits per heavy atom. The van der Waals surface area contributed by atoms with Crippen LogP contribution in [0.3, 0.4) is 0 Å². The lowest BCUT2D eigenvalue weighted by Crippen LogP contribution is -2.07. The van der Waals surface area contributed by atoms with Crippen molar-refractivity contribution in [3.8, 4) is 0 Å². The Labute approximate surface area is 71.4 Å². The number of carbonyl (C=O) groups excluding carboxylic acids is 1. The van der Waals surface area contributed by atoms with Gasteiger partial charge in [0.25, 0.3) is 0 Å². The van der Waals surface area contributed by atoms with Crippen LogP contribution in [0.1, 0.15) is 12.5 Å². The first-order chi connectivity index (χ1) is 5.83. The summed E-state index contributed by atoms with van der Waals surface area (Å²) in [6, 6.07) is 3.45. The van der Waals surface area contributed by atoms with Crippen LogP contribution in [-0.4, -0.2) is 17.6 Å². The number of aromatic nitrogens is 1. The van der Waals surface area contributed by atoms with Gasteiger partial charge in [-0.1, -0.05) is 0 Å². The summed E-state index contributed by atoms with van der Waals surface area (Å²) in [6.45, 7) is 2.21. The molecule has 1 heterocycles. The average Bonchev–Trinajstić information content (AvgIpc) is 2.06. The average molecular weight is 164 g/mol. The summed E-state index contributed by atoms with van der Waals surface area (Å²) in [4.78, 5) is 14.7. The summed E-state index contributed by atoms with van der Waals surface area (Å²) in [6.07, 6.45) is 4.55. The number of pyridine rings is 1. The minimum absolute atomic E-state index is 0.211. The lowest BCUT2D eigenvalue weighted by atomic mass is 10.2. The summed E-state index contributed by atoms with van der Waals surface area (Å²) < 4.78 is 4.77. The van der Waals surface area contributed by atoms with Crippen LogP contribution in [0.15, 0.2) is 18.3 Å². The molecule has 0 aliphatic rings. The molecule has 1 aromatic heterocycles. The first-order valence-corrected chi connectivity index (χ1v) is 3.79. The molecule has 0 saturated heterocycles. The Balaban J connectivity index is 2.47. The summed E-state index contributed by atoms with van der Waals surface area (Å²) in [5.74, 6) is -0.211. The molecule has 1 aromatic rings. The highest BCUT2D eigenvalue weighted by Crippen LogP contribution is 1.98. The second kappa shape index (κ2) is 4.49. The fraction of sp³-hybridized carbons (Fsp3) is 0.333. The lowest BCUT2D eigenvalue weighted by molar-refractivity contribution is -0.142. The van der Waals surface area contributed by atoms with E-state index in [1.807, 2.05) is 0 Å². The maximum absolute atomic E-state index is 11.0. The fourth-order valence-corrected chi connectivity index (χ4v) is 0.833. The number of rotatable bonds is 3. The van der Waals surface area contributed by atoms with Crippen LogP contribution in [-0.2, 0) is 16.0 Å². The van der Waals surface area contributed by atoms with Crippen molar-refractivity contribution >= 4 is 5.97 Å². The highest BCUT2D eigenvalue weighted by atomic mass is 16.5. The van der Waals surface area contributed by atoms with Crippen LogP contribution < -0.4 is 0 Å². The topological polar surface area (TPSA) is 39.2 Å². The quantitative estimate of drug-likeness (QED) is 0.625. The molecule has 3 nitrogen and oxygen atoms in total. The lowest BCUT2D eigenvalue weighted by Gasteiger charge is -2.00. The van der Waals surface area contributed by atoms with Crippen LogP contribution in [0.25, 0.3) is 0 Å². The van der Waals surface area contributed by atoms with Gasteiger partial charge in [-0.05, 0) is 24.6 Å². The number of carbonyl (C=O) groups is 1. The van der Waals surface area contributed by atoms with Gasteiger partial charge in [-0.15, -0.1) is 0 Å². The summed E-state index contributed by atoms with van der Waals surface area (Å²) in [5, 5.41) is 0. The van der Waals surface area contributed by atoms with E-state index in [4.69, 9.17) is 4.74 Å². The van der Waals surface area contributed by atoms with E-state index < -0.39 is 0 Å². The van der Waals surface area contributed by atoms with E-state index in [0.29, 0.717) is 13.0 Å². The first-order valence-electron chi connectivity index (χ1n) is 3.79. The molecule has 1 radical (unpaired) electrons. The van der Waals surface area contributed by atoms with Crippen molar-refractivity contribution in [3.05, 3.63) is 30.1 Å². The van der Waals surface area contributed by atoms with Gasteiger partial charge >= 0.3 is 5.97 Å². The minimum atomic E-state index is -0.211. The number of nitrogens with zero attached hydrogens (tertiary/aromatic N) is 1. The molecule has 0 amide bonds. The molecule has 0 aliphatic carbocycles. The molecular weight excluding hydrogens is 154 g/mol. The van der Waals surface area contributed by atoms with E-state index in [0.717, 1.165) is 5.56 Å². The molecule has 0 bridgehead atoms. The van der Waals surface area contributed by atoms with Crippen LogP contribution in [0.5, 0.6) is 0 Å². The van der Waals surface area contributed by atoms with Gasteiger partial charge in [-0.3, -0.25) is 9.78 Å². The SMILES string of the molecule is CCOC(=O)Cc1c[c]ncc1. The third-order valence-corrected chi connectivity index (χ3v) is 1.34. The van der Waals surface area contributed by atoms with Crippen LogP contribution in [0.2, 0.25) is 0 Å². The largest absolute Gasteiger partial charge is 0.466 e. The van der Waals surface area contributed by atoms with Crippen molar-refractivity contribution in [1.82, 2.24) is 4.98 Å². The first kappa shape index (κ1) is 8.71. The van der Waals surface area contributed by atoms with Crippen LogP contribution in [0, 0.1) is 6.20 Å². The molecule has 63 valence electrons. The molecule has 0 fully saturated rings. The molecule has 12 heavy (non-hydrogen) atoms. The minimum Gasteiger partial charge on any atom is -0.466 e. The van der Waals surface area contributed by atoms with Crippen molar-refractivity contribution in [1.29, 1.82) is 0 Å². The highest BCUT2D eigenvalue weighted by molar-refractivity contribution is 5.72. The van der Waals surface area contributed by atoms with Crippen LogP contribution >= 0.6 is 0 Å². The Hall–Kier alpha value is -1.38. The van der Waals surface area contributed by atoms with Gasteiger partial charge in [-0.2, -0.15) is 0 Å². The van der Waals surface area contributed by atoms with Gasteiger partial charge in [0.1, 0.15) is 0 Å². The molecule has 0 spiro atoms. The smallest absolute Gasteiger partial charge is 0.310 e. The monoisotopic (exact) mass is 164 g/mol. The third-order valence-electron chi connectivity index (χ3n) is 1.34. The van der Waals surface area contributed by atoms with Gasteiger partial charge in [0.2, 0.25) is 0 Å². The summed E-state index contributed by atoms with van der Waals surface area (Å²) >= 11 is 0. The van der Waals surface area contributed by atoms with Gasteiger partial charge in [0, 0.05) is 6.20 Å². The van der Waals surface area contributed by atoms with E-state index in [1.54, 1.807) is 25.3 Å². The predicted octanol–water partition coefficient (Wildman–Crippen LogP) is 0.987. The van der Waals surface area contributed by atoms with Gasteiger partial charge in [-0.25, -0.2) is 0 Å². The fourth-order valence-electron chi connectivity index (χ4n) is 0.833. The van der Waals surface area contributed by atoms with E-state index in [2.05, 4.69) is 11.2 Å². The van der Waals surface area contributed by atoms with E-state index in [9.17, 15) is 4.79 Å². The molecule has 0 atom stereocenters. The maximum atomic E-state index is 11.0. The Bertz CT molecular complexity index is 246. The number of esters is 1. The Morgan fingerprint density at radius 2 is 2.58 bits per heavy atom. The normalized spacial score (nSPS) is 9.42. The highest BCUT2D eigenvalue weighted by Gasteiger charge is 2.01. The molecule has 0 unspecified atom stereocenters. The zero-order chi connectivity index (χ0) is 8.81. The Kier molecular flexibility index (Phi) is 3.26. The molecule has 0 N–H and O–H groups in total. The molecule has 0 aliphatic heterocycles. The number of hydrogen-bond donors (Lipinski definition) is 0. The van der Waals surface area contributed by atoms with Crippen molar-refractivity contribution in [2.24, 2.45) is 0 Å². The summed E-state index contributed by atoms with van der Waals surface area (Å²) in [7, 11) is 0. The van der Waals surface area contributed by atoms with E-state index in [1.165, 1.54) is 0 Å². The van der Waals surface area contributed by atoms with E-state index in [-0.39, 0.29) is 5.97 Å². The zero-order valence-electron chi connectivity index (χ0n) is 6.91. The van der Waals surface area contributed by atoms with Gasteiger partial charge in [0.05, 0.1) is 19.2 Å².